The van der Waals surface area contributed by atoms with Crippen LogP contribution in [0.3, 0.4) is 0 Å². The van der Waals surface area contributed by atoms with Crippen LogP contribution in [-0.4, -0.2) is 24.1 Å². The van der Waals surface area contributed by atoms with Crippen molar-refractivity contribution in [3.05, 3.63) is 59.2 Å². The van der Waals surface area contributed by atoms with Crippen LogP contribution >= 0.6 is 0 Å². The summed E-state index contributed by atoms with van der Waals surface area (Å²) in [6.45, 7) is 5.86. The van der Waals surface area contributed by atoms with Gasteiger partial charge in [0, 0.05) is 6.21 Å². The summed E-state index contributed by atoms with van der Waals surface area (Å²) in [4.78, 5) is 42.2. The van der Waals surface area contributed by atoms with Gasteiger partial charge in [0.1, 0.15) is 0 Å². The zero-order chi connectivity index (χ0) is 18.8. The van der Waals surface area contributed by atoms with Crippen molar-refractivity contribution in [2.45, 2.75) is 20.8 Å². The Labute approximate surface area is 151 Å². The van der Waals surface area contributed by atoms with E-state index in [1.807, 2.05) is 39.0 Å². The zero-order valence-electron chi connectivity index (χ0n) is 14.8. The van der Waals surface area contributed by atoms with E-state index in [0.29, 0.717) is 11.4 Å². The summed E-state index contributed by atoms with van der Waals surface area (Å²) in [6, 6.07) is 11.8. The van der Waals surface area contributed by atoms with Crippen LogP contribution in [0.1, 0.15) is 16.7 Å². The van der Waals surface area contributed by atoms with Gasteiger partial charge in [0.2, 0.25) is 5.91 Å². The van der Waals surface area contributed by atoms with Crippen molar-refractivity contribution in [1.82, 2.24) is 5.32 Å². The molecule has 1 heterocycles. The number of benzene rings is 2. The molecule has 132 valence electrons. The molecule has 1 fully saturated rings. The van der Waals surface area contributed by atoms with E-state index < -0.39 is 23.8 Å². The van der Waals surface area contributed by atoms with Crippen molar-refractivity contribution < 1.29 is 14.4 Å². The Morgan fingerprint density at radius 2 is 1.65 bits per heavy atom. The van der Waals surface area contributed by atoms with Gasteiger partial charge in [-0.25, -0.2) is 9.69 Å². The number of carbonyl (C=O) groups is 3. The average Bonchev–Trinajstić information content (AvgIpc) is 2.59. The number of imide groups is 2. The third-order valence-corrected chi connectivity index (χ3v) is 4.36. The van der Waals surface area contributed by atoms with Crippen molar-refractivity contribution in [1.29, 1.82) is 0 Å². The van der Waals surface area contributed by atoms with Gasteiger partial charge in [-0.1, -0.05) is 23.8 Å². The molecule has 0 aliphatic carbocycles. The molecule has 0 bridgehead atoms. The van der Waals surface area contributed by atoms with E-state index in [4.69, 9.17) is 0 Å². The number of hydrogen-bond acceptors (Lipinski definition) is 4. The fourth-order valence-corrected chi connectivity index (χ4v) is 2.63. The third-order valence-electron chi connectivity index (χ3n) is 4.36. The molecule has 6 nitrogen and oxygen atoms in total. The number of aliphatic imine (C=N–C) groups is 1. The average molecular weight is 349 g/mol. The second-order valence-electron chi connectivity index (χ2n) is 6.33. The van der Waals surface area contributed by atoms with Gasteiger partial charge >= 0.3 is 6.03 Å². The number of amides is 4. The van der Waals surface area contributed by atoms with Crippen molar-refractivity contribution in [3.8, 4) is 0 Å². The Kier molecular flexibility index (Phi) is 4.67. The second kappa shape index (κ2) is 6.92. The van der Waals surface area contributed by atoms with Gasteiger partial charge in [0.15, 0.2) is 5.92 Å². The van der Waals surface area contributed by atoms with Gasteiger partial charge in [-0.05, 0) is 56.2 Å². The molecule has 1 N–H and O–H groups in total. The topological polar surface area (TPSA) is 78.8 Å². The molecule has 1 aliphatic heterocycles. The van der Waals surface area contributed by atoms with Crippen LogP contribution < -0.4 is 10.2 Å². The first-order valence-corrected chi connectivity index (χ1v) is 8.24. The maximum atomic E-state index is 12.7. The van der Waals surface area contributed by atoms with Crippen molar-refractivity contribution in [2.75, 3.05) is 4.90 Å². The van der Waals surface area contributed by atoms with Crippen molar-refractivity contribution in [2.24, 2.45) is 10.9 Å². The van der Waals surface area contributed by atoms with Gasteiger partial charge < -0.3 is 0 Å². The smallest absolute Gasteiger partial charge is 0.276 e. The largest absolute Gasteiger partial charge is 0.335 e. The minimum Gasteiger partial charge on any atom is -0.276 e. The lowest BCUT2D eigenvalue weighted by Gasteiger charge is -2.28. The molecular weight excluding hydrogens is 330 g/mol. The van der Waals surface area contributed by atoms with E-state index >= 15 is 0 Å². The number of rotatable bonds is 3. The molecule has 1 aliphatic rings. The van der Waals surface area contributed by atoms with Crippen LogP contribution in [-0.2, 0) is 9.59 Å². The number of barbiturate groups is 1. The highest BCUT2D eigenvalue weighted by Gasteiger charge is 2.40. The highest BCUT2D eigenvalue weighted by Crippen LogP contribution is 2.22. The minimum atomic E-state index is -1.16. The molecule has 26 heavy (non-hydrogen) atoms. The summed E-state index contributed by atoms with van der Waals surface area (Å²) >= 11 is 0. The molecule has 2 aromatic carbocycles. The quantitative estimate of drug-likeness (QED) is 0.682. The molecular formula is C20H19N3O3. The monoisotopic (exact) mass is 349 g/mol. The van der Waals surface area contributed by atoms with E-state index in [2.05, 4.69) is 10.3 Å². The Hall–Kier alpha value is -3.28. The van der Waals surface area contributed by atoms with E-state index in [9.17, 15) is 14.4 Å². The Balaban J connectivity index is 1.88. The van der Waals surface area contributed by atoms with Crippen molar-refractivity contribution >= 4 is 35.4 Å². The SMILES string of the molecule is Cc1ccc(N2C(=O)NC(=O)[C@@H](C=Nc3ccc(C)c(C)c3)C2=O)cc1. The molecule has 3 rings (SSSR count). The lowest BCUT2D eigenvalue weighted by atomic mass is 10.1. The van der Waals surface area contributed by atoms with Gasteiger partial charge in [-0.2, -0.15) is 0 Å². The molecule has 4 amide bonds. The number of urea groups is 1. The predicted octanol–water partition coefficient (Wildman–Crippen LogP) is 3.21. The molecule has 0 radical (unpaired) electrons. The van der Waals surface area contributed by atoms with E-state index in [-0.39, 0.29) is 0 Å². The van der Waals surface area contributed by atoms with Gasteiger partial charge in [-0.15, -0.1) is 0 Å². The number of nitrogens with one attached hydrogen (secondary N) is 1. The lowest BCUT2D eigenvalue weighted by Crippen LogP contribution is -2.58. The summed E-state index contributed by atoms with van der Waals surface area (Å²) in [5.41, 5.74) is 4.26. The summed E-state index contributed by atoms with van der Waals surface area (Å²) in [5, 5.41) is 2.22. The standard InChI is InChI=1S/C20H19N3O3/c1-12-4-8-16(9-5-12)23-19(25)17(18(24)22-20(23)26)11-21-15-7-6-13(2)14(3)10-15/h4-11,17H,1-3H3,(H,22,24,26)/t17-/m1/s1. The number of nitrogens with zero attached hydrogens (tertiary/aromatic N) is 2. The van der Waals surface area contributed by atoms with E-state index in [0.717, 1.165) is 21.6 Å². The number of carbonyl (C=O) groups excluding carboxylic acids is 3. The number of anilines is 1. The fourth-order valence-electron chi connectivity index (χ4n) is 2.63. The summed E-state index contributed by atoms with van der Waals surface area (Å²) in [5.74, 6) is -2.44. The molecule has 6 heteroatoms. The first kappa shape index (κ1) is 17.5. The number of aryl methyl sites for hydroxylation is 3. The molecule has 0 unspecified atom stereocenters. The van der Waals surface area contributed by atoms with Crippen LogP contribution in [0.25, 0.3) is 0 Å². The molecule has 0 aromatic heterocycles. The van der Waals surface area contributed by atoms with Crippen LogP contribution in [0.2, 0.25) is 0 Å². The predicted molar refractivity (Wildman–Crippen MR) is 99.8 cm³/mol. The Bertz CT molecular complexity index is 916. The summed E-state index contributed by atoms with van der Waals surface area (Å²) in [6.07, 6.45) is 1.29. The van der Waals surface area contributed by atoms with Gasteiger partial charge in [0.25, 0.3) is 5.91 Å². The van der Waals surface area contributed by atoms with E-state index in [1.54, 1.807) is 24.3 Å². The van der Waals surface area contributed by atoms with E-state index in [1.165, 1.54) is 6.21 Å². The lowest BCUT2D eigenvalue weighted by molar-refractivity contribution is -0.131. The second-order valence-corrected chi connectivity index (χ2v) is 6.33. The van der Waals surface area contributed by atoms with Gasteiger partial charge in [-0.3, -0.25) is 19.9 Å². The summed E-state index contributed by atoms with van der Waals surface area (Å²) in [7, 11) is 0. The van der Waals surface area contributed by atoms with Crippen LogP contribution in [0, 0.1) is 26.7 Å². The summed E-state index contributed by atoms with van der Waals surface area (Å²) < 4.78 is 0. The fraction of sp³-hybridized carbons (Fsp3) is 0.200. The third kappa shape index (κ3) is 3.39. The zero-order valence-corrected chi connectivity index (χ0v) is 14.8. The molecule has 1 saturated heterocycles. The normalized spacial score (nSPS) is 17.7. The first-order chi connectivity index (χ1) is 12.4. The number of hydrogen-bond donors (Lipinski definition) is 1. The Morgan fingerprint density at radius 1 is 0.962 bits per heavy atom. The first-order valence-electron chi connectivity index (χ1n) is 8.24. The molecule has 0 saturated carbocycles. The van der Waals surface area contributed by atoms with Crippen LogP contribution in [0.4, 0.5) is 16.2 Å². The maximum absolute atomic E-state index is 12.7. The highest BCUT2D eigenvalue weighted by atomic mass is 16.2. The van der Waals surface area contributed by atoms with Crippen LogP contribution in [0.15, 0.2) is 47.5 Å². The highest BCUT2D eigenvalue weighted by molar-refractivity contribution is 6.32. The Morgan fingerprint density at radius 3 is 2.31 bits per heavy atom. The maximum Gasteiger partial charge on any atom is 0.335 e. The molecule has 1 atom stereocenters. The van der Waals surface area contributed by atoms with Crippen molar-refractivity contribution in [3.63, 3.8) is 0 Å². The van der Waals surface area contributed by atoms with Crippen LogP contribution in [0.5, 0.6) is 0 Å². The minimum absolute atomic E-state index is 0.412. The molecule has 0 spiro atoms. The molecule has 2 aromatic rings. The van der Waals surface area contributed by atoms with Gasteiger partial charge in [0.05, 0.1) is 11.4 Å².